The second-order valence-corrected chi connectivity index (χ2v) is 10.4. The van der Waals surface area contributed by atoms with E-state index in [0.717, 1.165) is 15.6 Å². The normalized spacial score (nSPS) is 11.6. The van der Waals surface area contributed by atoms with E-state index in [0.29, 0.717) is 9.73 Å². The smallest absolute Gasteiger partial charge is 0.275 e. The van der Waals surface area contributed by atoms with Crippen molar-refractivity contribution in [2.75, 3.05) is 5.75 Å². The summed E-state index contributed by atoms with van der Waals surface area (Å²) in [6.45, 7) is 0. The van der Waals surface area contributed by atoms with Gasteiger partial charge in [0, 0.05) is 11.1 Å². The molecule has 2 N–H and O–H groups in total. The lowest BCUT2D eigenvalue weighted by Gasteiger charge is -2.04. The van der Waals surface area contributed by atoms with Crippen molar-refractivity contribution in [3.63, 3.8) is 0 Å². The van der Waals surface area contributed by atoms with E-state index < -0.39 is 5.91 Å². The molecule has 7 nitrogen and oxygen atoms in total. The molecule has 3 aromatic carbocycles. The molecular formula is C23H17N5O2S3. The first-order valence-electron chi connectivity index (χ1n) is 9.97. The van der Waals surface area contributed by atoms with Crippen LogP contribution in [0.2, 0.25) is 0 Å². The number of thioether (sulfide) groups is 2. The van der Waals surface area contributed by atoms with E-state index in [2.05, 4.69) is 55.7 Å². The van der Waals surface area contributed by atoms with Gasteiger partial charge < -0.3 is 10.1 Å². The van der Waals surface area contributed by atoms with E-state index >= 15 is 0 Å². The monoisotopic (exact) mass is 491 g/mol. The van der Waals surface area contributed by atoms with Crippen LogP contribution in [0.25, 0.3) is 21.7 Å². The van der Waals surface area contributed by atoms with Crippen LogP contribution in [0.4, 0.5) is 5.69 Å². The first kappa shape index (κ1) is 21.6. The number of fused-ring (bicyclic) bond motifs is 2. The predicted octanol–water partition coefficient (Wildman–Crippen LogP) is 6.57. The van der Waals surface area contributed by atoms with Gasteiger partial charge in [0.1, 0.15) is 0 Å². The van der Waals surface area contributed by atoms with E-state index in [4.69, 9.17) is 0 Å². The second kappa shape index (κ2) is 9.74. The Balaban J connectivity index is 1.17. The molecule has 0 bridgehead atoms. The zero-order valence-electron chi connectivity index (χ0n) is 17.1. The van der Waals surface area contributed by atoms with Gasteiger partial charge in [0.15, 0.2) is 14.4 Å². The Labute approximate surface area is 201 Å². The summed E-state index contributed by atoms with van der Waals surface area (Å²) in [5.74, 6) is 0.360. The van der Waals surface area contributed by atoms with Crippen molar-refractivity contribution in [2.24, 2.45) is 10.2 Å². The van der Waals surface area contributed by atoms with Gasteiger partial charge >= 0.3 is 0 Å². The number of carbonyl (C=O) groups excluding carboxylic acids is 1. The number of para-hydroxylation sites is 1. The zero-order valence-corrected chi connectivity index (χ0v) is 19.6. The van der Waals surface area contributed by atoms with Crippen molar-refractivity contribution in [2.45, 2.75) is 14.4 Å². The fourth-order valence-electron chi connectivity index (χ4n) is 3.34. The van der Waals surface area contributed by atoms with Crippen LogP contribution in [0.1, 0.15) is 5.56 Å². The number of aromatic amines is 1. The predicted molar refractivity (Wildman–Crippen MR) is 134 cm³/mol. The van der Waals surface area contributed by atoms with Crippen LogP contribution in [0.15, 0.2) is 85.6 Å². The minimum Gasteiger partial charge on any atom is -0.493 e. The van der Waals surface area contributed by atoms with Crippen LogP contribution in [0.5, 0.6) is 5.88 Å². The molecule has 164 valence electrons. The van der Waals surface area contributed by atoms with Gasteiger partial charge in [-0.3, -0.25) is 4.79 Å². The minimum absolute atomic E-state index is 0.0925. The summed E-state index contributed by atoms with van der Waals surface area (Å²) in [5, 5.41) is 29.3. The summed E-state index contributed by atoms with van der Waals surface area (Å²) in [6, 6.07) is 21.9. The van der Waals surface area contributed by atoms with Crippen molar-refractivity contribution < 1.29 is 9.90 Å². The SMILES string of the molecule is O=C(CSc1nnc(SCc2cccc3ccccc23)s1)N=Nc1c(O)[nH]c2ccccc12. The number of benzene rings is 3. The Morgan fingerprint density at radius 2 is 1.67 bits per heavy atom. The van der Waals surface area contributed by atoms with Gasteiger partial charge in [0.2, 0.25) is 5.88 Å². The highest BCUT2D eigenvalue weighted by atomic mass is 32.2. The number of aromatic nitrogens is 3. The highest BCUT2D eigenvalue weighted by Crippen LogP contribution is 2.35. The lowest BCUT2D eigenvalue weighted by Crippen LogP contribution is -1.95. The number of carbonyl (C=O) groups is 1. The van der Waals surface area contributed by atoms with Gasteiger partial charge in [-0.25, -0.2) is 0 Å². The molecule has 5 aromatic rings. The molecule has 2 heterocycles. The summed E-state index contributed by atoms with van der Waals surface area (Å²) in [5.41, 5.74) is 2.23. The highest BCUT2D eigenvalue weighted by molar-refractivity contribution is 8.03. The number of amides is 1. The number of azo groups is 1. The van der Waals surface area contributed by atoms with E-state index in [1.807, 2.05) is 30.3 Å². The highest BCUT2D eigenvalue weighted by Gasteiger charge is 2.12. The number of nitrogens with one attached hydrogen (secondary N) is 1. The van der Waals surface area contributed by atoms with Crippen molar-refractivity contribution in [1.29, 1.82) is 0 Å². The van der Waals surface area contributed by atoms with Gasteiger partial charge in [-0.05, 0) is 22.4 Å². The summed E-state index contributed by atoms with van der Waals surface area (Å²) < 4.78 is 1.55. The Bertz CT molecular complexity index is 1470. The molecule has 1 amide bonds. The van der Waals surface area contributed by atoms with Crippen LogP contribution in [0, 0.1) is 0 Å². The fraction of sp³-hybridized carbons (Fsp3) is 0.0870. The van der Waals surface area contributed by atoms with Crippen molar-refractivity contribution >= 4 is 68.1 Å². The van der Waals surface area contributed by atoms with Crippen LogP contribution in [-0.2, 0) is 10.5 Å². The molecule has 10 heteroatoms. The maximum atomic E-state index is 12.2. The molecule has 0 radical (unpaired) electrons. The molecule has 0 saturated heterocycles. The van der Waals surface area contributed by atoms with Gasteiger partial charge in [0.05, 0.1) is 11.3 Å². The third-order valence-electron chi connectivity index (χ3n) is 4.86. The summed E-state index contributed by atoms with van der Waals surface area (Å²) in [7, 11) is 0. The summed E-state index contributed by atoms with van der Waals surface area (Å²) in [4.78, 5) is 15.0. The standard InChI is InChI=1S/C23H17N5O2S3/c29-19(25-26-20-17-10-3-4-11-18(17)24-21(20)30)13-32-23-28-27-22(33-23)31-12-15-8-5-7-14-6-1-2-9-16(14)15/h1-11,24,30H,12-13H2. The molecule has 0 fully saturated rings. The number of aromatic hydroxyl groups is 1. The summed E-state index contributed by atoms with van der Waals surface area (Å²) in [6.07, 6.45) is 0. The Hall–Kier alpha value is -3.21. The van der Waals surface area contributed by atoms with E-state index in [1.165, 1.54) is 39.4 Å². The largest absolute Gasteiger partial charge is 0.493 e. The number of nitrogens with zero attached hydrogens (tertiary/aromatic N) is 4. The number of hydrogen-bond donors (Lipinski definition) is 2. The van der Waals surface area contributed by atoms with Crippen LogP contribution in [-0.4, -0.2) is 31.9 Å². The lowest BCUT2D eigenvalue weighted by atomic mass is 10.1. The van der Waals surface area contributed by atoms with Gasteiger partial charge in [-0.15, -0.1) is 20.4 Å². The third-order valence-corrected chi connectivity index (χ3v) is 8.08. The van der Waals surface area contributed by atoms with Gasteiger partial charge in [0.25, 0.3) is 5.91 Å². The third kappa shape index (κ3) is 4.92. The van der Waals surface area contributed by atoms with E-state index in [-0.39, 0.29) is 17.3 Å². The molecule has 0 aliphatic carbocycles. The maximum Gasteiger partial charge on any atom is 0.275 e. The Morgan fingerprint density at radius 1 is 0.939 bits per heavy atom. The summed E-state index contributed by atoms with van der Waals surface area (Å²) >= 11 is 4.36. The van der Waals surface area contributed by atoms with Crippen LogP contribution >= 0.6 is 34.9 Å². The quantitative estimate of drug-likeness (QED) is 0.197. The Morgan fingerprint density at radius 3 is 2.55 bits per heavy atom. The first-order valence-corrected chi connectivity index (χ1v) is 12.8. The Kier molecular flexibility index (Phi) is 6.38. The second-order valence-electron chi connectivity index (χ2n) is 7.01. The molecule has 0 aliphatic heterocycles. The van der Waals surface area contributed by atoms with Gasteiger partial charge in [-0.2, -0.15) is 0 Å². The average Bonchev–Trinajstić information content (AvgIpc) is 3.43. The molecule has 0 saturated carbocycles. The molecule has 33 heavy (non-hydrogen) atoms. The minimum atomic E-state index is -0.412. The van der Waals surface area contributed by atoms with Crippen LogP contribution < -0.4 is 0 Å². The molecule has 0 spiro atoms. The molecule has 0 aliphatic rings. The fourth-order valence-corrected chi connectivity index (χ4v) is 6.15. The molecule has 0 unspecified atom stereocenters. The molecular weight excluding hydrogens is 474 g/mol. The van der Waals surface area contributed by atoms with Crippen LogP contribution in [0.3, 0.4) is 0 Å². The topological polar surface area (TPSA) is 104 Å². The number of hydrogen-bond acceptors (Lipinski definition) is 8. The lowest BCUT2D eigenvalue weighted by molar-refractivity contribution is -0.115. The number of rotatable bonds is 7. The zero-order chi connectivity index (χ0) is 22.6. The molecule has 2 aromatic heterocycles. The molecule has 0 atom stereocenters. The first-order chi connectivity index (χ1) is 16.2. The number of H-pyrrole nitrogens is 1. The van der Waals surface area contributed by atoms with Crippen molar-refractivity contribution in [1.82, 2.24) is 15.2 Å². The van der Waals surface area contributed by atoms with E-state index in [9.17, 15) is 9.90 Å². The van der Waals surface area contributed by atoms with Crippen molar-refractivity contribution in [3.05, 3.63) is 72.3 Å². The average molecular weight is 492 g/mol. The van der Waals surface area contributed by atoms with E-state index in [1.54, 1.807) is 17.8 Å². The van der Waals surface area contributed by atoms with Gasteiger partial charge in [-0.1, -0.05) is 95.5 Å². The van der Waals surface area contributed by atoms with Crippen molar-refractivity contribution in [3.8, 4) is 5.88 Å². The molecule has 5 rings (SSSR count). The maximum absolute atomic E-state index is 12.2.